The zero-order valence-corrected chi connectivity index (χ0v) is 9.83. The first-order valence-corrected chi connectivity index (χ1v) is 5.32. The average Bonchev–Trinajstić information content (AvgIpc) is 2.30. The molecule has 2 rings (SSSR count). The molecular weight excluding hydrogens is 243 g/mol. The molecule has 0 aromatic heterocycles. The Morgan fingerprint density at radius 2 is 1.82 bits per heavy atom. The second-order valence-electron chi connectivity index (χ2n) is 3.51. The van der Waals surface area contributed by atoms with Crippen molar-refractivity contribution in [1.29, 1.82) is 0 Å². The first-order chi connectivity index (χ1) is 8.11. The topological polar surface area (TPSA) is 29.5 Å². The number of hydrogen-bond donors (Lipinski definition) is 1. The van der Waals surface area contributed by atoms with E-state index in [0.29, 0.717) is 21.9 Å². The predicted molar refractivity (Wildman–Crippen MR) is 65.1 cm³/mol. The minimum atomic E-state index is -0.332. The minimum Gasteiger partial charge on any atom is -0.507 e. The molecule has 0 unspecified atom stereocenters. The summed E-state index contributed by atoms with van der Waals surface area (Å²) < 4.78 is 18.0. The van der Waals surface area contributed by atoms with E-state index in [1.165, 1.54) is 25.3 Å². The molecule has 0 saturated heterocycles. The third-order valence-electron chi connectivity index (χ3n) is 2.40. The summed E-state index contributed by atoms with van der Waals surface area (Å²) in [6, 6.07) is 8.80. The van der Waals surface area contributed by atoms with Gasteiger partial charge in [0.25, 0.3) is 0 Å². The van der Waals surface area contributed by atoms with E-state index in [-0.39, 0.29) is 11.6 Å². The van der Waals surface area contributed by atoms with E-state index >= 15 is 0 Å². The summed E-state index contributed by atoms with van der Waals surface area (Å²) in [5, 5.41) is 10.2. The number of phenolic OH excluding ortho intramolecular Hbond substituents is 1. The van der Waals surface area contributed by atoms with Gasteiger partial charge < -0.3 is 9.84 Å². The Bertz CT molecular complexity index is 538. The number of phenols is 1. The van der Waals surface area contributed by atoms with Crippen LogP contribution in [0.4, 0.5) is 4.39 Å². The minimum absolute atomic E-state index is 0.000887. The highest BCUT2D eigenvalue weighted by Crippen LogP contribution is 2.40. The lowest BCUT2D eigenvalue weighted by molar-refractivity contribution is 0.410. The first kappa shape index (κ1) is 11.7. The van der Waals surface area contributed by atoms with Crippen LogP contribution in [0.25, 0.3) is 11.1 Å². The van der Waals surface area contributed by atoms with E-state index in [1.807, 2.05) is 0 Å². The second-order valence-corrected chi connectivity index (χ2v) is 3.95. The Labute approximate surface area is 103 Å². The molecule has 0 heterocycles. The second kappa shape index (κ2) is 4.63. The van der Waals surface area contributed by atoms with Crippen molar-refractivity contribution in [3.63, 3.8) is 0 Å². The van der Waals surface area contributed by atoms with Crippen LogP contribution in [0.1, 0.15) is 0 Å². The fourth-order valence-corrected chi connectivity index (χ4v) is 1.84. The van der Waals surface area contributed by atoms with Gasteiger partial charge in [0.2, 0.25) is 0 Å². The van der Waals surface area contributed by atoms with E-state index in [4.69, 9.17) is 16.3 Å². The van der Waals surface area contributed by atoms with Crippen molar-refractivity contribution >= 4 is 11.6 Å². The Balaban J connectivity index is 2.61. The fraction of sp³-hybridized carbons (Fsp3) is 0.0769. The van der Waals surface area contributed by atoms with Gasteiger partial charge in [0.15, 0.2) is 0 Å². The molecular formula is C13H10ClFO2. The molecule has 4 heteroatoms. The molecule has 0 amide bonds. The lowest BCUT2D eigenvalue weighted by Crippen LogP contribution is -1.89. The Morgan fingerprint density at radius 3 is 2.41 bits per heavy atom. The maximum atomic E-state index is 12.8. The summed E-state index contributed by atoms with van der Waals surface area (Å²) in [4.78, 5) is 0. The number of benzene rings is 2. The Kier molecular flexibility index (Phi) is 3.20. The molecule has 0 atom stereocenters. The van der Waals surface area contributed by atoms with Crippen LogP contribution in [-0.2, 0) is 0 Å². The van der Waals surface area contributed by atoms with Crippen molar-refractivity contribution in [2.45, 2.75) is 0 Å². The number of hydrogen-bond acceptors (Lipinski definition) is 2. The summed E-state index contributed by atoms with van der Waals surface area (Å²) in [7, 11) is 1.48. The van der Waals surface area contributed by atoms with E-state index in [0.717, 1.165) is 0 Å². The fourth-order valence-electron chi connectivity index (χ4n) is 1.64. The average molecular weight is 253 g/mol. The molecule has 2 nitrogen and oxygen atoms in total. The van der Waals surface area contributed by atoms with Gasteiger partial charge in [-0.25, -0.2) is 4.39 Å². The molecule has 2 aromatic carbocycles. The van der Waals surface area contributed by atoms with E-state index in [9.17, 15) is 9.50 Å². The number of rotatable bonds is 2. The van der Waals surface area contributed by atoms with Crippen LogP contribution in [0.15, 0.2) is 36.4 Å². The molecule has 0 aliphatic carbocycles. The van der Waals surface area contributed by atoms with Gasteiger partial charge in [-0.15, -0.1) is 0 Å². The van der Waals surface area contributed by atoms with E-state index in [1.54, 1.807) is 18.2 Å². The van der Waals surface area contributed by atoms with Crippen molar-refractivity contribution in [2.75, 3.05) is 7.11 Å². The first-order valence-electron chi connectivity index (χ1n) is 4.94. The Hall–Kier alpha value is -1.74. The van der Waals surface area contributed by atoms with Gasteiger partial charge in [0, 0.05) is 5.02 Å². The van der Waals surface area contributed by atoms with Gasteiger partial charge >= 0.3 is 0 Å². The maximum absolute atomic E-state index is 12.8. The summed E-state index contributed by atoms with van der Waals surface area (Å²) in [5.74, 6) is 0.115. The number of halogens is 2. The third kappa shape index (κ3) is 2.34. The van der Waals surface area contributed by atoms with Crippen LogP contribution < -0.4 is 4.74 Å². The predicted octanol–water partition coefficient (Wildman–Crippen LogP) is 3.86. The van der Waals surface area contributed by atoms with Crippen molar-refractivity contribution in [3.05, 3.63) is 47.2 Å². The molecule has 0 aliphatic heterocycles. The molecule has 2 aromatic rings. The standard InChI is InChI=1S/C13H10ClFO2/c1-17-12-7-9(14)6-11(16)13(12)8-2-4-10(15)5-3-8/h2-7,16H,1H3. The van der Waals surface area contributed by atoms with Gasteiger partial charge in [0.1, 0.15) is 17.3 Å². The van der Waals surface area contributed by atoms with Crippen LogP contribution >= 0.6 is 11.6 Å². The smallest absolute Gasteiger partial charge is 0.131 e. The van der Waals surface area contributed by atoms with Crippen LogP contribution in [0.5, 0.6) is 11.5 Å². The maximum Gasteiger partial charge on any atom is 0.131 e. The van der Waals surface area contributed by atoms with Crippen molar-refractivity contribution in [2.24, 2.45) is 0 Å². The lowest BCUT2D eigenvalue weighted by atomic mass is 10.0. The molecule has 0 spiro atoms. The summed E-state index contributed by atoms with van der Waals surface area (Å²) >= 11 is 5.81. The molecule has 0 aliphatic rings. The molecule has 1 N–H and O–H groups in total. The van der Waals surface area contributed by atoms with Crippen LogP contribution in [-0.4, -0.2) is 12.2 Å². The van der Waals surface area contributed by atoms with Crippen LogP contribution in [0.3, 0.4) is 0 Å². The van der Waals surface area contributed by atoms with Gasteiger partial charge in [-0.3, -0.25) is 0 Å². The highest BCUT2D eigenvalue weighted by molar-refractivity contribution is 6.31. The van der Waals surface area contributed by atoms with Crippen molar-refractivity contribution in [3.8, 4) is 22.6 Å². The van der Waals surface area contributed by atoms with Gasteiger partial charge in [-0.05, 0) is 29.8 Å². The quantitative estimate of drug-likeness (QED) is 0.879. The number of aromatic hydroxyl groups is 1. The monoisotopic (exact) mass is 252 g/mol. The largest absolute Gasteiger partial charge is 0.507 e. The highest BCUT2D eigenvalue weighted by atomic mass is 35.5. The zero-order valence-electron chi connectivity index (χ0n) is 9.08. The summed E-state index contributed by atoms with van der Waals surface area (Å²) in [6.07, 6.45) is 0. The van der Waals surface area contributed by atoms with Gasteiger partial charge in [-0.2, -0.15) is 0 Å². The van der Waals surface area contributed by atoms with Gasteiger partial charge in [-0.1, -0.05) is 23.7 Å². The molecule has 0 radical (unpaired) electrons. The number of methoxy groups -OCH3 is 1. The van der Waals surface area contributed by atoms with Gasteiger partial charge in [0.05, 0.1) is 12.7 Å². The van der Waals surface area contributed by atoms with Crippen LogP contribution in [0.2, 0.25) is 5.02 Å². The molecule has 0 fully saturated rings. The van der Waals surface area contributed by atoms with E-state index in [2.05, 4.69) is 0 Å². The number of ether oxygens (including phenoxy) is 1. The molecule has 88 valence electrons. The van der Waals surface area contributed by atoms with Crippen molar-refractivity contribution in [1.82, 2.24) is 0 Å². The highest BCUT2D eigenvalue weighted by Gasteiger charge is 2.12. The zero-order chi connectivity index (χ0) is 12.4. The van der Waals surface area contributed by atoms with Crippen LogP contribution in [0, 0.1) is 5.82 Å². The van der Waals surface area contributed by atoms with E-state index < -0.39 is 0 Å². The normalized spacial score (nSPS) is 10.3. The summed E-state index contributed by atoms with van der Waals surface area (Å²) in [6.45, 7) is 0. The third-order valence-corrected chi connectivity index (χ3v) is 2.62. The molecule has 0 bridgehead atoms. The molecule has 17 heavy (non-hydrogen) atoms. The lowest BCUT2D eigenvalue weighted by Gasteiger charge is -2.11. The SMILES string of the molecule is COc1cc(Cl)cc(O)c1-c1ccc(F)cc1. The molecule has 0 saturated carbocycles. The summed E-state index contributed by atoms with van der Waals surface area (Å²) in [5.41, 5.74) is 1.16. The van der Waals surface area contributed by atoms with Crippen molar-refractivity contribution < 1.29 is 14.2 Å². The Morgan fingerprint density at radius 1 is 1.18 bits per heavy atom.